The zero-order valence-electron chi connectivity index (χ0n) is 10.5. The third-order valence-corrected chi connectivity index (χ3v) is 3.68. The highest BCUT2D eigenvalue weighted by Crippen LogP contribution is 2.29. The smallest absolute Gasteiger partial charge is 0.152 e. The van der Waals surface area contributed by atoms with Crippen LogP contribution in [0, 0.1) is 11.7 Å². The summed E-state index contributed by atoms with van der Waals surface area (Å²) in [5.74, 6) is -0.0807. The third-order valence-electron chi connectivity index (χ3n) is 3.68. The number of carbonyl (C=O) groups is 1. The molecule has 0 bridgehead atoms. The molecule has 1 atom stereocenters. The van der Waals surface area contributed by atoms with Gasteiger partial charge < -0.3 is 10.0 Å². The van der Waals surface area contributed by atoms with Gasteiger partial charge in [-0.3, -0.25) is 4.79 Å². The van der Waals surface area contributed by atoms with E-state index in [1.54, 1.807) is 19.1 Å². The molecule has 1 aromatic rings. The number of piperidine rings is 1. The van der Waals surface area contributed by atoms with Crippen LogP contribution in [-0.4, -0.2) is 30.6 Å². The second-order valence-corrected chi connectivity index (χ2v) is 4.86. The lowest BCUT2D eigenvalue weighted by atomic mass is 9.91. The molecule has 1 aliphatic rings. The van der Waals surface area contributed by atoms with Crippen molar-refractivity contribution in [1.29, 1.82) is 0 Å². The Hall–Kier alpha value is -1.42. The number of aliphatic hydroxyl groups excluding tert-OH is 1. The van der Waals surface area contributed by atoms with Crippen molar-refractivity contribution in [3.8, 4) is 0 Å². The van der Waals surface area contributed by atoms with E-state index in [9.17, 15) is 14.3 Å². The largest absolute Gasteiger partial charge is 0.393 e. The molecule has 1 aliphatic heterocycles. The average molecular weight is 251 g/mol. The maximum Gasteiger partial charge on any atom is 0.152 e. The Bertz CT molecular complexity index is 426. The average Bonchev–Trinajstić information content (AvgIpc) is 2.38. The molecule has 0 spiro atoms. The van der Waals surface area contributed by atoms with Gasteiger partial charge in [0.15, 0.2) is 6.29 Å². The number of para-hydroxylation sites is 1. The van der Waals surface area contributed by atoms with E-state index in [1.807, 2.05) is 4.90 Å². The Morgan fingerprint density at radius 3 is 2.67 bits per heavy atom. The van der Waals surface area contributed by atoms with Crippen LogP contribution in [0.1, 0.15) is 30.1 Å². The summed E-state index contributed by atoms with van der Waals surface area (Å²) in [5, 5.41) is 9.54. The minimum Gasteiger partial charge on any atom is -0.393 e. The van der Waals surface area contributed by atoms with Gasteiger partial charge in [0.1, 0.15) is 5.82 Å². The van der Waals surface area contributed by atoms with Crippen LogP contribution in [0.15, 0.2) is 18.2 Å². The molecule has 1 saturated heterocycles. The van der Waals surface area contributed by atoms with Crippen LogP contribution in [0.3, 0.4) is 0 Å². The summed E-state index contributed by atoms with van der Waals surface area (Å²) in [4.78, 5) is 12.9. The van der Waals surface area contributed by atoms with Crippen molar-refractivity contribution in [1.82, 2.24) is 0 Å². The molecule has 2 rings (SSSR count). The zero-order valence-corrected chi connectivity index (χ0v) is 10.5. The Balaban J connectivity index is 2.17. The second-order valence-electron chi connectivity index (χ2n) is 4.86. The fraction of sp³-hybridized carbons (Fsp3) is 0.500. The van der Waals surface area contributed by atoms with E-state index in [0.717, 1.165) is 12.8 Å². The van der Waals surface area contributed by atoms with E-state index in [2.05, 4.69) is 0 Å². The van der Waals surface area contributed by atoms with Crippen LogP contribution >= 0.6 is 0 Å². The minimum absolute atomic E-state index is 0.271. The number of anilines is 1. The molecule has 0 amide bonds. The topological polar surface area (TPSA) is 40.5 Å². The summed E-state index contributed by atoms with van der Waals surface area (Å²) in [5.41, 5.74) is 0.794. The number of benzene rings is 1. The van der Waals surface area contributed by atoms with Gasteiger partial charge in [-0.05, 0) is 37.8 Å². The SMILES string of the molecule is CC(O)C1CCN(c2c(F)cccc2C=O)CC1. The first kappa shape index (κ1) is 13.0. The minimum atomic E-state index is -0.352. The maximum atomic E-state index is 13.8. The fourth-order valence-electron chi connectivity index (χ4n) is 2.57. The summed E-state index contributed by atoms with van der Waals surface area (Å²) >= 11 is 0. The number of halogens is 1. The molecule has 0 saturated carbocycles. The molecule has 0 radical (unpaired) electrons. The second kappa shape index (κ2) is 5.48. The van der Waals surface area contributed by atoms with Crippen LogP contribution < -0.4 is 4.90 Å². The predicted octanol–water partition coefficient (Wildman–Crippen LogP) is 2.24. The molecule has 3 nitrogen and oxygen atoms in total. The van der Waals surface area contributed by atoms with Crippen molar-refractivity contribution in [3.63, 3.8) is 0 Å². The van der Waals surface area contributed by atoms with Crippen molar-refractivity contribution in [2.45, 2.75) is 25.9 Å². The first-order valence-corrected chi connectivity index (χ1v) is 6.30. The predicted molar refractivity (Wildman–Crippen MR) is 68.4 cm³/mol. The number of hydrogen-bond donors (Lipinski definition) is 1. The van der Waals surface area contributed by atoms with Gasteiger partial charge in [-0.1, -0.05) is 6.07 Å². The number of aldehydes is 1. The Morgan fingerprint density at radius 1 is 1.44 bits per heavy atom. The number of carbonyl (C=O) groups excluding carboxylic acids is 1. The number of hydrogen-bond acceptors (Lipinski definition) is 3. The molecular weight excluding hydrogens is 233 g/mol. The van der Waals surface area contributed by atoms with E-state index >= 15 is 0 Å². The zero-order chi connectivity index (χ0) is 13.1. The Labute approximate surface area is 106 Å². The lowest BCUT2D eigenvalue weighted by Crippen LogP contribution is -2.38. The van der Waals surface area contributed by atoms with Crippen LogP contribution in [0.25, 0.3) is 0 Å². The Kier molecular flexibility index (Phi) is 3.97. The van der Waals surface area contributed by atoms with E-state index in [0.29, 0.717) is 30.6 Å². The molecular formula is C14H18FNO2. The molecule has 1 aromatic carbocycles. The molecule has 0 aromatic heterocycles. The van der Waals surface area contributed by atoms with E-state index in [1.165, 1.54) is 6.07 Å². The van der Waals surface area contributed by atoms with Crippen molar-refractivity contribution in [2.24, 2.45) is 5.92 Å². The monoisotopic (exact) mass is 251 g/mol. The maximum absolute atomic E-state index is 13.8. The molecule has 0 aliphatic carbocycles. The summed E-state index contributed by atoms with van der Waals surface area (Å²) < 4.78 is 13.8. The molecule has 18 heavy (non-hydrogen) atoms. The fourth-order valence-corrected chi connectivity index (χ4v) is 2.57. The van der Waals surface area contributed by atoms with E-state index in [-0.39, 0.29) is 17.8 Å². The highest BCUT2D eigenvalue weighted by atomic mass is 19.1. The first-order valence-electron chi connectivity index (χ1n) is 6.30. The van der Waals surface area contributed by atoms with Gasteiger partial charge in [-0.15, -0.1) is 0 Å². The van der Waals surface area contributed by atoms with Gasteiger partial charge in [0.05, 0.1) is 11.8 Å². The van der Waals surface area contributed by atoms with Gasteiger partial charge in [0, 0.05) is 18.7 Å². The van der Waals surface area contributed by atoms with Crippen molar-refractivity contribution in [2.75, 3.05) is 18.0 Å². The highest BCUT2D eigenvalue weighted by Gasteiger charge is 2.25. The first-order chi connectivity index (χ1) is 8.63. The normalized spacial score (nSPS) is 18.7. The molecule has 4 heteroatoms. The summed E-state index contributed by atoms with van der Waals surface area (Å²) in [6.45, 7) is 3.15. The molecule has 1 N–H and O–H groups in total. The molecule has 1 fully saturated rings. The summed E-state index contributed by atoms with van der Waals surface area (Å²) in [6, 6.07) is 4.56. The van der Waals surface area contributed by atoms with Crippen LogP contribution in [0.4, 0.5) is 10.1 Å². The van der Waals surface area contributed by atoms with Crippen LogP contribution in [-0.2, 0) is 0 Å². The van der Waals surface area contributed by atoms with E-state index in [4.69, 9.17) is 0 Å². The standard InChI is InChI=1S/C14H18FNO2/c1-10(18)11-5-7-16(8-6-11)14-12(9-17)3-2-4-13(14)15/h2-4,9-11,18H,5-8H2,1H3. The number of aliphatic hydroxyl groups is 1. The van der Waals surface area contributed by atoms with Gasteiger partial charge in [-0.2, -0.15) is 0 Å². The van der Waals surface area contributed by atoms with E-state index < -0.39 is 0 Å². The van der Waals surface area contributed by atoms with Crippen molar-refractivity contribution < 1.29 is 14.3 Å². The number of rotatable bonds is 3. The third kappa shape index (κ3) is 2.53. The van der Waals surface area contributed by atoms with Crippen LogP contribution in [0.2, 0.25) is 0 Å². The van der Waals surface area contributed by atoms with Crippen LogP contribution in [0.5, 0.6) is 0 Å². The van der Waals surface area contributed by atoms with Crippen molar-refractivity contribution >= 4 is 12.0 Å². The highest BCUT2D eigenvalue weighted by molar-refractivity contribution is 5.84. The molecule has 1 unspecified atom stereocenters. The quantitative estimate of drug-likeness (QED) is 0.837. The lowest BCUT2D eigenvalue weighted by molar-refractivity contribution is 0.109. The lowest BCUT2D eigenvalue weighted by Gasteiger charge is -2.35. The van der Waals surface area contributed by atoms with Gasteiger partial charge in [0.2, 0.25) is 0 Å². The Morgan fingerprint density at radius 2 is 2.11 bits per heavy atom. The van der Waals surface area contributed by atoms with Gasteiger partial charge in [-0.25, -0.2) is 4.39 Å². The molecule has 98 valence electrons. The van der Waals surface area contributed by atoms with Gasteiger partial charge >= 0.3 is 0 Å². The summed E-state index contributed by atoms with van der Waals surface area (Å²) in [6.07, 6.45) is 2.02. The van der Waals surface area contributed by atoms with Gasteiger partial charge in [0.25, 0.3) is 0 Å². The summed E-state index contributed by atoms with van der Waals surface area (Å²) in [7, 11) is 0. The molecule has 1 heterocycles. The van der Waals surface area contributed by atoms with Crippen molar-refractivity contribution in [3.05, 3.63) is 29.6 Å². The number of nitrogens with zero attached hydrogens (tertiary/aromatic N) is 1.